The number of ether oxygens (including phenoxy) is 3. The van der Waals surface area contributed by atoms with E-state index in [1.807, 2.05) is 19.1 Å². The van der Waals surface area contributed by atoms with Crippen molar-refractivity contribution in [3.63, 3.8) is 0 Å². The van der Waals surface area contributed by atoms with Gasteiger partial charge in [0.05, 0.1) is 38.2 Å². The van der Waals surface area contributed by atoms with E-state index >= 15 is 0 Å². The number of aromatic nitrogens is 3. The lowest BCUT2D eigenvalue weighted by atomic mass is 10.1. The Kier molecular flexibility index (Phi) is 7.56. The van der Waals surface area contributed by atoms with E-state index in [9.17, 15) is 14.4 Å². The van der Waals surface area contributed by atoms with Crippen LogP contribution < -0.4 is 19.2 Å². The first kappa shape index (κ1) is 26.9. The molecular formula is C29H26N4O6S. The first-order valence-electron chi connectivity index (χ1n) is 12.3. The van der Waals surface area contributed by atoms with E-state index in [1.54, 1.807) is 48.5 Å². The number of nitrogens with zero attached hydrogens (tertiary/aromatic N) is 4. The maximum Gasteiger partial charge on any atom is 0.281 e. The molecule has 0 atom stereocenters. The fourth-order valence-electron chi connectivity index (χ4n) is 4.43. The number of benzene rings is 3. The smallest absolute Gasteiger partial charge is 0.281 e. The summed E-state index contributed by atoms with van der Waals surface area (Å²) in [5, 5.41) is 9.86. The van der Waals surface area contributed by atoms with Gasteiger partial charge in [0.2, 0.25) is 10.9 Å². The summed E-state index contributed by atoms with van der Waals surface area (Å²) in [6, 6.07) is 17.4. The van der Waals surface area contributed by atoms with E-state index in [1.165, 1.54) is 26.0 Å². The molecule has 0 fully saturated rings. The van der Waals surface area contributed by atoms with Crippen molar-refractivity contribution in [1.29, 1.82) is 0 Å². The average Bonchev–Trinajstić information content (AvgIpc) is 3.47. The quantitative estimate of drug-likeness (QED) is 0.161. The number of hydrogen-bond acceptors (Lipinski definition) is 9. The number of imide groups is 1. The molecule has 1 aliphatic heterocycles. The molecule has 0 N–H and O–H groups in total. The second-order valence-electron chi connectivity index (χ2n) is 8.97. The largest absolute Gasteiger partial charge is 0.493 e. The molecule has 0 aliphatic carbocycles. The average molecular weight is 559 g/mol. The summed E-state index contributed by atoms with van der Waals surface area (Å²) in [6.07, 6.45) is 0.170. The van der Waals surface area contributed by atoms with Gasteiger partial charge in [0.15, 0.2) is 23.1 Å². The SMILES string of the molecule is COc1cc(Cc2nnc(SCC(=O)c3ccc(C)cc3)n2N2C(=O)c3ccccc3C2=O)cc(OC)c1OC. The minimum Gasteiger partial charge on any atom is -0.493 e. The van der Waals surface area contributed by atoms with Crippen molar-refractivity contribution in [2.24, 2.45) is 0 Å². The molecule has 2 heterocycles. The standard InChI is InChI=1S/C29H26N4O6S/c1-17-9-11-19(12-10-17)22(34)16-40-29-31-30-25(15-18-13-23(37-2)26(39-4)24(14-18)38-3)32(29)33-27(35)20-7-5-6-8-21(20)28(33)36/h5-14H,15-16H2,1-4H3. The van der Waals surface area contributed by atoms with Crippen molar-refractivity contribution < 1.29 is 28.6 Å². The van der Waals surface area contributed by atoms with Gasteiger partial charge in [0.1, 0.15) is 0 Å². The molecule has 0 spiro atoms. The van der Waals surface area contributed by atoms with Crippen LogP contribution in [-0.2, 0) is 6.42 Å². The molecule has 40 heavy (non-hydrogen) atoms. The number of amides is 2. The van der Waals surface area contributed by atoms with E-state index in [0.29, 0.717) is 34.2 Å². The molecule has 3 aromatic carbocycles. The van der Waals surface area contributed by atoms with Gasteiger partial charge >= 0.3 is 0 Å². The van der Waals surface area contributed by atoms with Crippen LogP contribution in [-0.4, -0.2) is 59.6 Å². The van der Waals surface area contributed by atoms with Gasteiger partial charge in [-0.2, -0.15) is 5.01 Å². The zero-order chi connectivity index (χ0) is 28.4. The van der Waals surface area contributed by atoms with Gasteiger partial charge < -0.3 is 14.2 Å². The van der Waals surface area contributed by atoms with Gasteiger partial charge in [-0.05, 0) is 36.8 Å². The predicted molar refractivity (Wildman–Crippen MR) is 148 cm³/mol. The number of thioether (sulfide) groups is 1. The topological polar surface area (TPSA) is 113 Å². The zero-order valence-corrected chi connectivity index (χ0v) is 23.2. The number of hydrogen-bond donors (Lipinski definition) is 0. The Bertz CT molecular complexity index is 1560. The molecule has 0 unspecified atom stereocenters. The summed E-state index contributed by atoms with van der Waals surface area (Å²) < 4.78 is 17.8. The fraction of sp³-hybridized carbons (Fsp3) is 0.207. The lowest BCUT2D eigenvalue weighted by Gasteiger charge is -2.19. The van der Waals surface area contributed by atoms with E-state index in [2.05, 4.69) is 10.2 Å². The Balaban J connectivity index is 1.53. The van der Waals surface area contributed by atoms with Crippen molar-refractivity contribution in [2.45, 2.75) is 18.5 Å². The second-order valence-corrected chi connectivity index (χ2v) is 9.91. The van der Waals surface area contributed by atoms with E-state index < -0.39 is 11.8 Å². The van der Waals surface area contributed by atoms with Crippen LogP contribution in [0.3, 0.4) is 0 Å². The van der Waals surface area contributed by atoms with Crippen LogP contribution in [0.25, 0.3) is 0 Å². The number of aryl methyl sites for hydroxylation is 1. The Hall–Kier alpha value is -4.64. The van der Waals surface area contributed by atoms with Crippen LogP contribution in [0.15, 0.2) is 65.8 Å². The van der Waals surface area contributed by atoms with Crippen LogP contribution in [0.1, 0.15) is 48.0 Å². The van der Waals surface area contributed by atoms with Gasteiger partial charge in [-0.15, -0.1) is 10.2 Å². The molecule has 204 valence electrons. The molecule has 0 saturated carbocycles. The Labute approximate surface area is 234 Å². The number of Topliss-reactive ketones (excluding diaryl/α,β-unsaturated/α-hetero) is 1. The second kappa shape index (κ2) is 11.2. The third-order valence-electron chi connectivity index (χ3n) is 6.44. The molecule has 5 rings (SSSR count). The third kappa shape index (κ3) is 4.91. The molecule has 2 amide bonds. The number of rotatable bonds is 10. The minimum absolute atomic E-state index is 0.0363. The Morgan fingerprint density at radius 2 is 1.45 bits per heavy atom. The molecule has 0 bridgehead atoms. The van der Waals surface area contributed by atoms with Gasteiger partial charge in [-0.25, -0.2) is 4.68 Å². The lowest BCUT2D eigenvalue weighted by molar-refractivity contribution is 0.0879. The monoisotopic (exact) mass is 558 g/mol. The van der Waals surface area contributed by atoms with Crippen LogP contribution in [0.5, 0.6) is 17.2 Å². The summed E-state index contributed by atoms with van der Waals surface area (Å²) in [6.45, 7) is 1.95. The van der Waals surface area contributed by atoms with Crippen LogP contribution >= 0.6 is 11.8 Å². The molecule has 10 nitrogen and oxygen atoms in total. The van der Waals surface area contributed by atoms with Gasteiger partial charge in [-0.3, -0.25) is 14.4 Å². The molecule has 0 radical (unpaired) electrons. The predicted octanol–water partition coefficient (Wildman–Crippen LogP) is 4.11. The minimum atomic E-state index is -0.502. The van der Waals surface area contributed by atoms with Crippen LogP contribution in [0, 0.1) is 6.92 Å². The highest BCUT2D eigenvalue weighted by Crippen LogP contribution is 2.39. The van der Waals surface area contributed by atoms with Crippen molar-refractivity contribution >= 4 is 29.4 Å². The van der Waals surface area contributed by atoms with Gasteiger partial charge in [0.25, 0.3) is 11.8 Å². The normalized spacial score (nSPS) is 12.4. The maximum absolute atomic E-state index is 13.4. The highest BCUT2D eigenvalue weighted by molar-refractivity contribution is 7.99. The Morgan fingerprint density at radius 3 is 2.00 bits per heavy atom. The fourth-order valence-corrected chi connectivity index (χ4v) is 5.26. The molecule has 1 aliphatic rings. The summed E-state index contributed by atoms with van der Waals surface area (Å²) in [5.41, 5.74) is 2.89. The van der Waals surface area contributed by atoms with Crippen molar-refractivity contribution in [3.05, 3.63) is 94.3 Å². The number of fused-ring (bicyclic) bond motifs is 1. The summed E-state index contributed by atoms with van der Waals surface area (Å²) in [5.74, 6) is 0.554. The first-order chi connectivity index (χ1) is 19.4. The number of carbonyl (C=O) groups excluding carboxylic acids is 3. The van der Waals surface area contributed by atoms with E-state index in [0.717, 1.165) is 22.3 Å². The molecular weight excluding hydrogens is 532 g/mol. The van der Waals surface area contributed by atoms with E-state index in [-0.39, 0.29) is 34.2 Å². The summed E-state index contributed by atoms with van der Waals surface area (Å²) in [7, 11) is 4.55. The van der Waals surface area contributed by atoms with Crippen molar-refractivity contribution in [1.82, 2.24) is 14.9 Å². The molecule has 11 heteroatoms. The summed E-state index contributed by atoms with van der Waals surface area (Å²) in [4.78, 5) is 39.8. The number of methoxy groups -OCH3 is 3. The van der Waals surface area contributed by atoms with Gasteiger partial charge in [-0.1, -0.05) is 53.7 Å². The first-order valence-corrected chi connectivity index (χ1v) is 13.3. The summed E-state index contributed by atoms with van der Waals surface area (Å²) >= 11 is 1.10. The molecule has 4 aromatic rings. The lowest BCUT2D eigenvalue weighted by Crippen LogP contribution is -2.41. The van der Waals surface area contributed by atoms with E-state index in [4.69, 9.17) is 14.2 Å². The Morgan fingerprint density at radius 1 is 0.850 bits per heavy atom. The highest BCUT2D eigenvalue weighted by Gasteiger charge is 2.39. The number of ketones is 1. The van der Waals surface area contributed by atoms with Crippen LogP contribution in [0.2, 0.25) is 0 Å². The number of carbonyl (C=O) groups is 3. The van der Waals surface area contributed by atoms with Crippen molar-refractivity contribution in [2.75, 3.05) is 32.1 Å². The zero-order valence-electron chi connectivity index (χ0n) is 22.3. The van der Waals surface area contributed by atoms with Crippen molar-refractivity contribution in [3.8, 4) is 17.2 Å². The molecule has 0 saturated heterocycles. The molecule has 1 aromatic heterocycles. The van der Waals surface area contributed by atoms with Gasteiger partial charge in [0, 0.05) is 12.0 Å². The van der Waals surface area contributed by atoms with Crippen LogP contribution in [0.4, 0.5) is 0 Å². The highest BCUT2D eigenvalue weighted by atomic mass is 32.2. The maximum atomic E-state index is 13.4. The third-order valence-corrected chi connectivity index (χ3v) is 7.36.